The van der Waals surface area contributed by atoms with E-state index >= 15 is 0 Å². The van der Waals surface area contributed by atoms with Crippen LogP contribution in [0.5, 0.6) is 0 Å². The summed E-state index contributed by atoms with van der Waals surface area (Å²) in [6.07, 6.45) is 6.44. The van der Waals surface area contributed by atoms with E-state index in [2.05, 4.69) is 15.2 Å². The first kappa shape index (κ1) is 17.0. The summed E-state index contributed by atoms with van der Waals surface area (Å²) < 4.78 is 13.9. The van der Waals surface area contributed by atoms with Crippen LogP contribution >= 0.6 is 24.0 Å². The summed E-state index contributed by atoms with van der Waals surface area (Å²) in [6, 6.07) is 7.46. The summed E-state index contributed by atoms with van der Waals surface area (Å²) in [5.74, 6) is 1.22. The van der Waals surface area contributed by atoms with Gasteiger partial charge in [-0.25, -0.2) is 4.39 Å². The second-order valence-electron chi connectivity index (χ2n) is 7.19. The average molecular weight is 429 g/mol. The van der Waals surface area contributed by atoms with E-state index in [0.717, 1.165) is 31.0 Å². The highest BCUT2D eigenvalue weighted by molar-refractivity contribution is 14.0. The number of rotatable bonds is 2. The number of nitrogens with one attached hydrogen (secondary N) is 1. The van der Waals surface area contributed by atoms with Crippen molar-refractivity contribution >= 4 is 29.9 Å². The maximum atomic E-state index is 13.9. The summed E-state index contributed by atoms with van der Waals surface area (Å²) in [6.45, 7) is 2.25. The molecule has 1 aromatic rings. The van der Waals surface area contributed by atoms with E-state index in [1.807, 2.05) is 19.2 Å². The fraction of sp³-hybridized carbons (Fsp3) is 0.611. The van der Waals surface area contributed by atoms with Crippen molar-refractivity contribution in [1.29, 1.82) is 0 Å². The molecule has 2 saturated carbocycles. The van der Waals surface area contributed by atoms with E-state index < -0.39 is 0 Å². The van der Waals surface area contributed by atoms with Crippen molar-refractivity contribution in [2.45, 2.75) is 44.1 Å². The van der Waals surface area contributed by atoms with Crippen LogP contribution < -0.4 is 5.32 Å². The second kappa shape index (κ2) is 6.57. The van der Waals surface area contributed by atoms with Gasteiger partial charge in [0.1, 0.15) is 5.82 Å². The quantitative estimate of drug-likeness (QED) is 0.441. The molecule has 3 fully saturated rings. The Kier molecular flexibility index (Phi) is 4.85. The lowest BCUT2D eigenvalue weighted by molar-refractivity contribution is 0.151. The maximum Gasteiger partial charge on any atom is 0.193 e. The Morgan fingerprint density at radius 3 is 2.70 bits per heavy atom. The lowest BCUT2D eigenvalue weighted by Crippen LogP contribution is -2.43. The van der Waals surface area contributed by atoms with Crippen LogP contribution in [0.4, 0.5) is 4.39 Å². The molecule has 1 aliphatic heterocycles. The van der Waals surface area contributed by atoms with Gasteiger partial charge >= 0.3 is 0 Å². The van der Waals surface area contributed by atoms with Crippen molar-refractivity contribution in [2.75, 3.05) is 20.1 Å². The molecule has 2 aliphatic carbocycles. The molecule has 4 rings (SSSR count). The molecule has 23 heavy (non-hydrogen) atoms. The number of benzene rings is 1. The van der Waals surface area contributed by atoms with Gasteiger partial charge in [0.05, 0.1) is 0 Å². The zero-order valence-corrected chi connectivity index (χ0v) is 15.9. The summed E-state index contributed by atoms with van der Waals surface area (Å²) in [5.41, 5.74) is 1.42. The van der Waals surface area contributed by atoms with Crippen molar-refractivity contribution in [1.82, 2.24) is 10.2 Å². The zero-order valence-electron chi connectivity index (χ0n) is 13.6. The van der Waals surface area contributed by atoms with Crippen molar-refractivity contribution in [3.05, 3.63) is 35.6 Å². The first-order chi connectivity index (χ1) is 10.7. The third kappa shape index (κ3) is 3.21. The second-order valence-corrected chi connectivity index (χ2v) is 7.19. The Bertz CT molecular complexity index is 600. The number of guanidine groups is 1. The topological polar surface area (TPSA) is 27.6 Å². The van der Waals surface area contributed by atoms with Gasteiger partial charge in [0.15, 0.2) is 5.96 Å². The van der Waals surface area contributed by atoms with Crippen LogP contribution in [0, 0.1) is 11.2 Å². The van der Waals surface area contributed by atoms with Gasteiger partial charge in [-0.15, -0.1) is 24.0 Å². The van der Waals surface area contributed by atoms with E-state index in [-0.39, 0.29) is 29.8 Å². The normalized spacial score (nSPS) is 28.3. The smallest absolute Gasteiger partial charge is 0.193 e. The number of aliphatic imine (C=N–C) groups is 1. The molecule has 1 aromatic carbocycles. The lowest BCUT2D eigenvalue weighted by Gasteiger charge is -2.38. The Hall–Kier alpha value is -0.850. The van der Waals surface area contributed by atoms with Crippen LogP contribution in [-0.2, 0) is 0 Å². The minimum Gasteiger partial charge on any atom is -0.353 e. The highest BCUT2D eigenvalue weighted by Gasteiger charge is 2.45. The summed E-state index contributed by atoms with van der Waals surface area (Å²) in [5, 5.41) is 3.55. The molecular weight excluding hydrogens is 404 g/mol. The number of nitrogens with zero attached hydrogens (tertiary/aromatic N) is 2. The van der Waals surface area contributed by atoms with Crippen LogP contribution in [-0.4, -0.2) is 37.0 Å². The fourth-order valence-electron chi connectivity index (χ4n) is 4.14. The van der Waals surface area contributed by atoms with Crippen molar-refractivity contribution in [3.63, 3.8) is 0 Å². The van der Waals surface area contributed by atoms with Gasteiger partial charge in [0, 0.05) is 32.1 Å². The van der Waals surface area contributed by atoms with Crippen LogP contribution in [0.2, 0.25) is 0 Å². The van der Waals surface area contributed by atoms with Crippen molar-refractivity contribution in [3.8, 4) is 0 Å². The Labute approximate surface area is 154 Å². The molecule has 1 N–H and O–H groups in total. The van der Waals surface area contributed by atoms with E-state index in [4.69, 9.17) is 0 Å². The monoisotopic (exact) mass is 429 g/mol. The number of likely N-dealkylation sites (tertiary alicyclic amines) is 1. The minimum absolute atomic E-state index is 0. The van der Waals surface area contributed by atoms with Gasteiger partial charge in [0.25, 0.3) is 0 Å². The highest BCUT2D eigenvalue weighted by Crippen LogP contribution is 2.48. The van der Waals surface area contributed by atoms with Crippen LogP contribution in [0.1, 0.15) is 43.6 Å². The molecule has 0 aromatic heterocycles. The van der Waals surface area contributed by atoms with Gasteiger partial charge in [-0.3, -0.25) is 4.99 Å². The van der Waals surface area contributed by atoms with Crippen molar-refractivity contribution in [2.24, 2.45) is 10.4 Å². The molecule has 5 heteroatoms. The van der Waals surface area contributed by atoms with Crippen LogP contribution in [0.25, 0.3) is 0 Å². The highest BCUT2D eigenvalue weighted by atomic mass is 127. The molecule has 3 nitrogen and oxygen atoms in total. The first-order valence-electron chi connectivity index (χ1n) is 8.43. The van der Waals surface area contributed by atoms with E-state index in [1.54, 1.807) is 12.1 Å². The number of halogens is 2. The predicted octanol–water partition coefficient (Wildman–Crippen LogP) is 3.75. The molecular formula is C18H25FIN3. The molecule has 2 unspecified atom stereocenters. The number of hydrogen-bond donors (Lipinski definition) is 1. The van der Waals surface area contributed by atoms with Gasteiger partial charge in [0.2, 0.25) is 0 Å². The minimum atomic E-state index is -0.0821. The van der Waals surface area contributed by atoms with Crippen LogP contribution in [0.15, 0.2) is 29.3 Å². The number of hydrogen-bond acceptors (Lipinski definition) is 1. The van der Waals surface area contributed by atoms with Gasteiger partial charge in [-0.05, 0) is 42.7 Å². The van der Waals surface area contributed by atoms with E-state index in [0.29, 0.717) is 17.4 Å². The maximum absolute atomic E-state index is 13.9. The first-order valence-corrected chi connectivity index (χ1v) is 8.43. The largest absolute Gasteiger partial charge is 0.353 e. The fourth-order valence-corrected chi connectivity index (χ4v) is 4.14. The summed E-state index contributed by atoms with van der Waals surface area (Å²) in [4.78, 5) is 6.86. The SMILES string of the molecule is CN=C(NC1CC1c1ccccc1F)N1CCC2(CCC2)C1.I. The Morgan fingerprint density at radius 1 is 1.30 bits per heavy atom. The van der Waals surface area contributed by atoms with Gasteiger partial charge in [-0.2, -0.15) is 0 Å². The van der Waals surface area contributed by atoms with Crippen molar-refractivity contribution < 1.29 is 4.39 Å². The Balaban J connectivity index is 0.00000156. The predicted molar refractivity (Wildman–Crippen MR) is 102 cm³/mol. The summed E-state index contributed by atoms with van der Waals surface area (Å²) >= 11 is 0. The molecule has 1 spiro atoms. The molecule has 1 saturated heterocycles. The molecule has 3 aliphatic rings. The third-order valence-electron chi connectivity index (χ3n) is 5.77. The van der Waals surface area contributed by atoms with E-state index in [9.17, 15) is 4.39 Å². The van der Waals surface area contributed by atoms with Gasteiger partial charge < -0.3 is 10.2 Å². The zero-order chi connectivity index (χ0) is 15.2. The average Bonchev–Trinajstić information content (AvgIpc) is 3.09. The molecule has 2 atom stereocenters. The lowest BCUT2D eigenvalue weighted by atomic mass is 9.68. The van der Waals surface area contributed by atoms with E-state index in [1.165, 1.54) is 25.7 Å². The molecule has 0 radical (unpaired) electrons. The molecule has 0 bridgehead atoms. The molecule has 126 valence electrons. The third-order valence-corrected chi connectivity index (χ3v) is 5.77. The molecule has 0 amide bonds. The van der Waals surface area contributed by atoms with Crippen LogP contribution in [0.3, 0.4) is 0 Å². The summed E-state index contributed by atoms with van der Waals surface area (Å²) in [7, 11) is 1.86. The standard InChI is InChI=1S/C18H24FN3.HI/c1-20-17(22-10-9-18(12-22)7-4-8-18)21-16-11-14(16)13-5-2-3-6-15(13)19;/h2-3,5-6,14,16H,4,7-12H2,1H3,(H,20,21);1H. The Morgan fingerprint density at radius 2 is 2.09 bits per heavy atom. The van der Waals surface area contributed by atoms with Gasteiger partial charge in [-0.1, -0.05) is 24.6 Å². The molecule has 1 heterocycles.